The highest BCUT2D eigenvalue weighted by Crippen LogP contribution is 2.45. The van der Waals surface area contributed by atoms with E-state index in [2.05, 4.69) is 17.4 Å². The molecule has 27 heavy (non-hydrogen) atoms. The molecule has 2 aromatic rings. The second kappa shape index (κ2) is 8.33. The highest BCUT2D eigenvalue weighted by atomic mass is 16.5. The van der Waals surface area contributed by atoms with Crippen LogP contribution in [-0.2, 0) is 14.3 Å². The monoisotopic (exact) mass is 369 g/mol. The van der Waals surface area contributed by atoms with E-state index in [-0.39, 0.29) is 24.9 Å². The van der Waals surface area contributed by atoms with Gasteiger partial charge in [0, 0.05) is 12.3 Å². The van der Waals surface area contributed by atoms with Crippen molar-refractivity contribution in [2.75, 3.05) is 13.2 Å². The van der Waals surface area contributed by atoms with Crippen LogP contribution in [0.15, 0.2) is 48.5 Å². The quantitative estimate of drug-likeness (QED) is 0.644. The number of benzene rings is 2. The molecule has 0 radical (unpaired) electrons. The van der Waals surface area contributed by atoms with Gasteiger partial charge in [-0.1, -0.05) is 48.5 Å². The number of carbonyl (C=O) groups is 2. The smallest absolute Gasteiger partial charge is 0.328 e. The lowest BCUT2D eigenvalue weighted by atomic mass is 9.93. The normalized spacial score (nSPS) is 14.8. The summed E-state index contributed by atoms with van der Waals surface area (Å²) in [6.07, 6.45) is -0.895. The molecule has 6 heteroatoms. The number of aliphatic hydroxyl groups is 2. The average Bonchev–Trinajstić information content (AvgIpc) is 3.00. The highest BCUT2D eigenvalue weighted by molar-refractivity contribution is 5.87. The Morgan fingerprint density at radius 2 is 1.63 bits per heavy atom. The fourth-order valence-electron chi connectivity index (χ4n) is 3.38. The molecule has 1 amide bonds. The standard InChI is InChI=1S/C21H23NO5/c1-13(21(26)27-12-14(24)11-23)22-20(25)10-19-17-8-4-2-6-15(17)16-7-3-5-9-18(16)19/h2-9,13-14,19,23-24H,10-12H2,1H3,(H,22,25). The Bertz CT molecular complexity index is 789. The molecule has 3 rings (SSSR count). The minimum atomic E-state index is -1.12. The van der Waals surface area contributed by atoms with Crippen molar-refractivity contribution in [1.82, 2.24) is 5.32 Å². The van der Waals surface area contributed by atoms with Crippen molar-refractivity contribution in [2.24, 2.45) is 0 Å². The molecule has 6 nitrogen and oxygen atoms in total. The Balaban J connectivity index is 1.65. The third-order valence-corrected chi connectivity index (χ3v) is 4.71. The Morgan fingerprint density at radius 3 is 2.19 bits per heavy atom. The second-order valence-electron chi connectivity index (χ2n) is 6.69. The first kappa shape index (κ1) is 19.1. The molecule has 3 N–H and O–H groups in total. The van der Waals surface area contributed by atoms with E-state index in [0.29, 0.717) is 0 Å². The summed E-state index contributed by atoms with van der Waals surface area (Å²) in [6.45, 7) is 0.732. The molecule has 2 unspecified atom stereocenters. The van der Waals surface area contributed by atoms with Crippen molar-refractivity contribution < 1.29 is 24.5 Å². The zero-order chi connectivity index (χ0) is 19.4. The van der Waals surface area contributed by atoms with Gasteiger partial charge in [0.05, 0.1) is 6.61 Å². The first-order valence-electron chi connectivity index (χ1n) is 8.94. The SMILES string of the molecule is CC(NC(=O)CC1c2ccccc2-c2ccccc21)C(=O)OCC(O)CO. The zero-order valence-corrected chi connectivity index (χ0v) is 15.1. The van der Waals surface area contributed by atoms with Crippen molar-refractivity contribution in [2.45, 2.75) is 31.4 Å². The van der Waals surface area contributed by atoms with Gasteiger partial charge in [-0.25, -0.2) is 4.79 Å². The van der Waals surface area contributed by atoms with Crippen LogP contribution in [-0.4, -0.2) is 47.4 Å². The summed E-state index contributed by atoms with van der Waals surface area (Å²) in [5.41, 5.74) is 4.48. The first-order valence-corrected chi connectivity index (χ1v) is 8.94. The van der Waals surface area contributed by atoms with Gasteiger partial charge >= 0.3 is 5.97 Å². The van der Waals surface area contributed by atoms with Crippen molar-refractivity contribution in [3.63, 3.8) is 0 Å². The molecule has 0 aliphatic heterocycles. The summed E-state index contributed by atoms with van der Waals surface area (Å²) in [5.74, 6) is -0.960. The van der Waals surface area contributed by atoms with Gasteiger partial charge in [0.2, 0.25) is 5.91 Å². The van der Waals surface area contributed by atoms with Crippen molar-refractivity contribution in [1.29, 1.82) is 0 Å². The van der Waals surface area contributed by atoms with Crippen LogP contribution in [0.5, 0.6) is 0 Å². The fraction of sp³-hybridized carbons (Fsp3) is 0.333. The summed E-state index contributed by atoms with van der Waals surface area (Å²) in [7, 11) is 0. The van der Waals surface area contributed by atoms with E-state index in [1.54, 1.807) is 0 Å². The van der Waals surface area contributed by atoms with Crippen LogP contribution < -0.4 is 5.32 Å². The number of amides is 1. The van der Waals surface area contributed by atoms with E-state index in [4.69, 9.17) is 9.84 Å². The van der Waals surface area contributed by atoms with Gasteiger partial charge in [0.1, 0.15) is 18.8 Å². The number of esters is 1. The van der Waals surface area contributed by atoms with Crippen molar-refractivity contribution in [3.8, 4) is 11.1 Å². The van der Waals surface area contributed by atoms with Crippen LogP contribution in [0.4, 0.5) is 0 Å². The lowest BCUT2D eigenvalue weighted by molar-refractivity contribution is -0.150. The summed E-state index contributed by atoms with van der Waals surface area (Å²) >= 11 is 0. The predicted molar refractivity (Wildman–Crippen MR) is 100.0 cm³/mol. The number of carbonyl (C=O) groups excluding carboxylic acids is 2. The maximum atomic E-state index is 12.5. The molecule has 0 spiro atoms. The number of rotatable bonds is 7. The number of aliphatic hydroxyl groups excluding tert-OH is 2. The molecule has 2 aromatic carbocycles. The molecule has 0 saturated carbocycles. The number of fused-ring (bicyclic) bond motifs is 3. The molecule has 2 atom stereocenters. The first-order chi connectivity index (χ1) is 13.0. The summed E-state index contributed by atoms with van der Waals surface area (Å²) in [5, 5.41) is 20.6. The van der Waals surface area contributed by atoms with Crippen LogP contribution in [0, 0.1) is 0 Å². The van der Waals surface area contributed by atoms with Crippen LogP contribution in [0.2, 0.25) is 0 Å². The van der Waals surface area contributed by atoms with Crippen LogP contribution in [0.25, 0.3) is 11.1 Å². The summed E-state index contributed by atoms with van der Waals surface area (Å²) < 4.78 is 4.88. The minimum Gasteiger partial charge on any atom is -0.461 e. The average molecular weight is 369 g/mol. The topological polar surface area (TPSA) is 95.9 Å². The highest BCUT2D eigenvalue weighted by Gasteiger charge is 2.30. The molecular weight excluding hydrogens is 346 g/mol. The van der Waals surface area contributed by atoms with Crippen LogP contribution >= 0.6 is 0 Å². The molecule has 0 fully saturated rings. The van der Waals surface area contributed by atoms with Gasteiger partial charge in [-0.15, -0.1) is 0 Å². The van der Waals surface area contributed by atoms with Gasteiger partial charge in [0.25, 0.3) is 0 Å². The maximum absolute atomic E-state index is 12.5. The molecule has 0 saturated heterocycles. The third kappa shape index (κ3) is 4.18. The lowest BCUT2D eigenvalue weighted by Crippen LogP contribution is -2.41. The lowest BCUT2D eigenvalue weighted by Gasteiger charge is -2.17. The van der Waals surface area contributed by atoms with E-state index in [9.17, 15) is 14.7 Å². The number of ether oxygens (including phenoxy) is 1. The van der Waals surface area contributed by atoms with E-state index >= 15 is 0 Å². The van der Waals surface area contributed by atoms with Crippen molar-refractivity contribution in [3.05, 3.63) is 59.7 Å². The van der Waals surface area contributed by atoms with Gasteiger partial charge in [-0.3, -0.25) is 4.79 Å². The van der Waals surface area contributed by atoms with Gasteiger partial charge < -0.3 is 20.3 Å². The fourth-order valence-corrected chi connectivity index (χ4v) is 3.38. The van der Waals surface area contributed by atoms with Gasteiger partial charge in [0.15, 0.2) is 0 Å². The molecule has 0 heterocycles. The molecule has 0 bridgehead atoms. The van der Waals surface area contributed by atoms with Gasteiger partial charge in [-0.05, 0) is 29.2 Å². The number of hydrogen-bond donors (Lipinski definition) is 3. The second-order valence-corrected chi connectivity index (χ2v) is 6.69. The Hall–Kier alpha value is -2.70. The number of hydrogen-bond acceptors (Lipinski definition) is 5. The molecule has 1 aliphatic carbocycles. The maximum Gasteiger partial charge on any atom is 0.328 e. The number of nitrogens with one attached hydrogen (secondary N) is 1. The molecular formula is C21H23NO5. The van der Waals surface area contributed by atoms with Gasteiger partial charge in [-0.2, -0.15) is 0 Å². The van der Waals surface area contributed by atoms with E-state index in [0.717, 1.165) is 22.3 Å². The van der Waals surface area contributed by atoms with E-state index < -0.39 is 24.7 Å². The van der Waals surface area contributed by atoms with Crippen LogP contribution in [0.3, 0.4) is 0 Å². The minimum absolute atomic E-state index is 0.0585. The van der Waals surface area contributed by atoms with E-state index in [1.807, 2.05) is 36.4 Å². The predicted octanol–water partition coefficient (Wildman–Crippen LogP) is 1.59. The Labute approximate surface area is 157 Å². The summed E-state index contributed by atoms with van der Waals surface area (Å²) in [6, 6.07) is 15.2. The van der Waals surface area contributed by atoms with E-state index in [1.165, 1.54) is 6.92 Å². The molecule has 0 aromatic heterocycles. The van der Waals surface area contributed by atoms with Crippen molar-refractivity contribution >= 4 is 11.9 Å². The van der Waals surface area contributed by atoms with Crippen LogP contribution in [0.1, 0.15) is 30.4 Å². The summed E-state index contributed by atoms with van der Waals surface area (Å²) in [4.78, 5) is 24.4. The molecule has 1 aliphatic rings. The largest absolute Gasteiger partial charge is 0.461 e. The Morgan fingerprint density at radius 1 is 1.07 bits per heavy atom. The third-order valence-electron chi connectivity index (χ3n) is 4.71. The molecule has 142 valence electrons. The zero-order valence-electron chi connectivity index (χ0n) is 15.1. The Kier molecular flexibility index (Phi) is 5.88.